The van der Waals surface area contributed by atoms with Gasteiger partial charge in [0, 0.05) is 22.4 Å². The number of nitriles is 1. The molecule has 1 aromatic heterocycles. The first-order valence-electron chi connectivity index (χ1n) is 9.88. The van der Waals surface area contributed by atoms with E-state index in [1.165, 1.54) is 30.3 Å². The van der Waals surface area contributed by atoms with Gasteiger partial charge in [-0.2, -0.15) is 5.26 Å². The topological polar surface area (TPSA) is 161 Å². The molecule has 4 N–H and O–H groups in total. The molecule has 1 aliphatic heterocycles. The van der Waals surface area contributed by atoms with Gasteiger partial charge >= 0.3 is 13.5 Å². The van der Waals surface area contributed by atoms with Crippen LogP contribution in [0.4, 0.5) is 5.69 Å². The van der Waals surface area contributed by atoms with Gasteiger partial charge in [0.15, 0.2) is 0 Å². The number of rotatable bonds is 6. The molecule has 1 atom stereocenters. The predicted octanol–water partition coefficient (Wildman–Crippen LogP) is 3.67. The minimum absolute atomic E-state index is 0.0710. The van der Waals surface area contributed by atoms with Crippen LogP contribution in [0.3, 0.4) is 0 Å². The highest BCUT2D eigenvalue weighted by Gasteiger charge is 2.27. The highest BCUT2D eigenvalue weighted by Crippen LogP contribution is 2.40. The lowest BCUT2D eigenvalue weighted by Crippen LogP contribution is -2.26. The molecular formula is C22H18ClN4O6P. The Morgan fingerprint density at radius 1 is 1.29 bits per heavy atom. The van der Waals surface area contributed by atoms with E-state index in [4.69, 9.17) is 26.6 Å². The molecule has 0 amide bonds. The van der Waals surface area contributed by atoms with Crippen LogP contribution in [0.1, 0.15) is 34.0 Å². The fourth-order valence-corrected chi connectivity index (χ4v) is 4.15. The molecule has 2 aromatic carbocycles. The van der Waals surface area contributed by atoms with Crippen LogP contribution in [0.5, 0.6) is 5.88 Å². The Balaban J connectivity index is 1.78. The van der Waals surface area contributed by atoms with Crippen molar-refractivity contribution in [3.63, 3.8) is 0 Å². The number of hydrogen-bond acceptors (Lipinski definition) is 6. The predicted molar refractivity (Wildman–Crippen MR) is 126 cm³/mol. The number of aliphatic imine (C=N–C) groups is 1. The summed E-state index contributed by atoms with van der Waals surface area (Å²) in [5.74, 6) is -0.464. The largest absolute Gasteiger partial charge is 0.493 e. The molecule has 1 aliphatic rings. The maximum Gasteiger partial charge on any atom is 0.469 e. The van der Waals surface area contributed by atoms with Crippen LogP contribution in [0.15, 0.2) is 46.2 Å². The Labute approximate surface area is 198 Å². The van der Waals surface area contributed by atoms with Crippen molar-refractivity contribution >= 4 is 43.0 Å². The Hall–Kier alpha value is -3.45. The number of nitrogens with one attached hydrogen (secondary N) is 1. The quantitative estimate of drug-likeness (QED) is 0.375. The Morgan fingerprint density at radius 2 is 2.00 bits per heavy atom. The first kappa shape index (κ1) is 23.7. The number of hydrogen-bond donors (Lipinski definition) is 4. The number of aromatic hydroxyl groups is 1. The minimum atomic E-state index is -4.87. The third kappa shape index (κ3) is 4.61. The summed E-state index contributed by atoms with van der Waals surface area (Å²) >= 11 is 6.15. The number of aromatic nitrogens is 2. The van der Waals surface area contributed by atoms with Crippen molar-refractivity contribution in [1.82, 2.24) is 9.55 Å². The van der Waals surface area contributed by atoms with E-state index in [2.05, 4.69) is 14.5 Å². The molecule has 3 aromatic rings. The molecule has 0 bridgehead atoms. The van der Waals surface area contributed by atoms with Crippen molar-refractivity contribution in [2.75, 3.05) is 6.61 Å². The van der Waals surface area contributed by atoms with E-state index in [9.17, 15) is 14.5 Å². The van der Waals surface area contributed by atoms with E-state index in [0.717, 1.165) is 15.7 Å². The van der Waals surface area contributed by atoms with Gasteiger partial charge in [-0.05, 0) is 42.3 Å². The zero-order chi connectivity index (χ0) is 24.6. The maximum absolute atomic E-state index is 12.8. The maximum atomic E-state index is 12.8. The summed E-state index contributed by atoms with van der Waals surface area (Å²) in [4.78, 5) is 38.1. The summed E-state index contributed by atoms with van der Waals surface area (Å²) in [6.45, 7) is 1.22. The number of phosphoric ester groups is 1. The number of nitrogens with zero attached hydrogens (tertiary/aromatic N) is 3. The molecule has 10 nitrogen and oxygen atoms in total. The van der Waals surface area contributed by atoms with Gasteiger partial charge in [0.2, 0.25) is 5.88 Å². The standard InChI is InChI=1S/C22H18ClN4O6P/c1-12-17(23)7-6-16-15(10-25-20(12)16)8-18-21(28)27(22(29)26-18)19(11-33-34(30,31)32)14-4-2-13(9-24)3-5-14/h2-8,10,19,28H,11H2,1H3,(H,26,29)(H2,30,31,32)/b15-8+. The van der Waals surface area contributed by atoms with E-state index in [1.54, 1.807) is 18.3 Å². The monoisotopic (exact) mass is 500 g/mol. The Bertz CT molecular complexity index is 1480. The van der Waals surface area contributed by atoms with Gasteiger partial charge in [0.05, 0.1) is 30.0 Å². The number of imidazole rings is 1. The molecule has 34 heavy (non-hydrogen) atoms. The average molecular weight is 501 g/mol. The smallest absolute Gasteiger partial charge is 0.469 e. The molecule has 2 heterocycles. The summed E-state index contributed by atoms with van der Waals surface area (Å²) in [5.41, 5.74) is 2.96. The second kappa shape index (κ2) is 9.06. The normalized spacial score (nSPS) is 14.9. The Morgan fingerprint density at radius 3 is 2.65 bits per heavy atom. The number of H-pyrrole nitrogens is 1. The second-order valence-corrected chi connectivity index (χ2v) is 9.15. The fraction of sp³-hybridized carbons (Fsp3) is 0.136. The number of benzene rings is 2. The molecule has 1 unspecified atom stereocenters. The zero-order valence-corrected chi connectivity index (χ0v) is 19.3. The van der Waals surface area contributed by atoms with Gasteiger partial charge in [0.1, 0.15) is 5.69 Å². The van der Waals surface area contributed by atoms with Crippen molar-refractivity contribution in [2.45, 2.75) is 13.0 Å². The molecule has 0 radical (unpaired) electrons. The third-order valence-corrected chi connectivity index (χ3v) is 6.27. The van der Waals surface area contributed by atoms with E-state index in [-0.39, 0.29) is 5.69 Å². The summed E-state index contributed by atoms with van der Waals surface area (Å²) in [6.07, 6.45) is 3.12. The summed E-state index contributed by atoms with van der Waals surface area (Å²) in [5, 5.41) is 20.5. The van der Waals surface area contributed by atoms with Crippen molar-refractivity contribution in [3.05, 3.63) is 79.9 Å². The highest BCUT2D eigenvalue weighted by atomic mass is 35.5. The number of allylic oxidation sites excluding steroid dienone is 1. The molecule has 4 rings (SSSR count). The minimum Gasteiger partial charge on any atom is -0.493 e. The summed E-state index contributed by atoms with van der Waals surface area (Å²) in [7, 11) is -4.87. The lowest BCUT2D eigenvalue weighted by atomic mass is 10.0. The lowest BCUT2D eigenvalue weighted by molar-refractivity contribution is 0.175. The van der Waals surface area contributed by atoms with Crippen LogP contribution in [0, 0.1) is 18.3 Å². The van der Waals surface area contributed by atoms with Crippen LogP contribution in [0.2, 0.25) is 5.02 Å². The van der Waals surface area contributed by atoms with Crippen molar-refractivity contribution in [2.24, 2.45) is 4.99 Å². The lowest BCUT2D eigenvalue weighted by Gasteiger charge is -2.19. The van der Waals surface area contributed by atoms with Crippen molar-refractivity contribution in [3.8, 4) is 11.9 Å². The van der Waals surface area contributed by atoms with Gasteiger partial charge < -0.3 is 19.9 Å². The second-order valence-electron chi connectivity index (χ2n) is 7.50. The molecular weight excluding hydrogens is 483 g/mol. The van der Waals surface area contributed by atoms with Crippen molar-refractivity contribution < 1.29 is 24.0 Å². The van der Waals surface area contributed by atoms with Gasteiger partial charge in [-0.15, -0.1) is 0 Å². The van der Waals surface area contributed by atoms with Crippen LogP contribution in [0.25, 0.3) is 11.6 Å². The van der Waals surface area contributed by atoms with Crippen LogP contribution in [-0.4, -0.2) is 37.3 Å². The average Bonchev–Trinajstić information content (AvgIpc) is 3.32. The number of aromatic amines is 1. The molecule has 0 fully saturated rings. The summed E-state index contributed by atoms with van der Waals surface area (Å²) < 4.78 is 16.9. The van der Waals surface area contributed by atoms with Gasteiger partial charge in [0.25, 0.3) is 0 Å². The fourth-order valence-electron chi connectivity index (χ4n) is 3.66. The molecule has 0 aliphatic carbocycles. The number of fused-ring (bicyclic) bond motifs is 1. The van der Waals surface area contributed by atoms with E-state index in [1.807, 2.05) is 13.0 Å². The molecule has 0 spiro atoms. The van der Waals surface area contributed by atoms with Crippen LogP contribution in [-0.2, 0) is 9.09 Å². The summed E-state index contributed by atoms with van der Waals surface area (Å²) in [6, 6.07) is 10.4. The van der Waals surface area contributed by atoms with E-state index >= 15 is 0 Å². The molecule has 0 saturated heterocycles. The first-order valence-corrected chi connectivity index (χ1v) is 11.8. The highest BCUT2D eigenvalue weighted by molar-refractivity contribution is 7.46. The Kier molecular flexibility index (Phi) is 6.32. The zero-order valence-electron chi connectivity index (χ0n) is 17.6. The SMILES string of the molecule is Cc1c(Cl)ccc2c1N=C/C2=C\c1[nH]c(=O)n(C(COP(=O)(O)O)c2ccc(C#N)cc2)c1O. The van der Waals surface area contributed by atoms with Gasteiger partial charge in [-0.1, -0.05) is 29.8 Å². The first-order chi connectivity index (χ1) is 16.1. The van der Waals surface area contributed by atoms with E-state index in [0.29, 0.717) is 27.4 Å². The van der Waals surface area contributed by atoms with Crippen LogP contribution < -0.4 is 5.69 Å². The van der Waals surface area contributed by atoms with E-state index < -0.39 is 32.0 Å². The molecule has 12 heteroatoms. The van der Waals surface area contributed by atoms with Crippen LogP contribution >= 0.6 is 19.4 Å². The third-order valence-electron chi connectivity index (χ3n) is 5.37. The number of halogens is 1. The van der Waals surface area contributed by atoms with Gasteiger partial charge in [-0.25, -0.2) is 9.36 Å². The van der Waals surface area contributed by atoms with Crippen molar-refractivity contribution in [1.29, 1.82) is 5.26 Å². The molecule has 0 saturated carbocycles. The van der Waals surface area contributed by atoms with Gasteiger partial charge in [-0.3, -0.25) is 14.1 Å². The molecule has 174 valence electrons. The number of phosphoric acid groups is 1.